The van der Waals surface area contributed by atoms with E-state index in [1.54, 1.807) is 0 Å². The minimum absolute atomic E-state index is 0.142. The fourth-order valence-corrected chi connectivity index (χ4v) is 4.88. The molecule has 4 rings (SSSR count). The highest BCUT2D eigenvalue weighted by Gasteiger charge is 2.34. The summed E-state index contributed by atoms with van der Waals surface area (Å²) in [7, 11) is 0. The van der Waals surface area contributed by atoms with Gasteiger partial charge in [0.25, 0.3) is 0 Å². The SMILES string of the molecule is CCn1c(SCC(=O)N(Cc2ccccc2)[C@H](C)C2CC2)nnc1-c1cccc(Cl)c1. The van der Waals surface area contributed by atoms with E-state index in [9.17, 15) is 4.79 Å². The Morgan fingerprint density at radius 3 is 2.65 bits per heavy atom. The molecule has 1 heterocycles. The average Bonchev–Trinajstić information content (AvgIpc) is 3.55. The number of hydrogen-bond donors (Lipinski definition) is 0. The fourth-order valence-electron chi connectivity index (χ4n) is 3.80. The van der Waals surface area contributed by atoms with Crippen molar-refractivity contribution in [2.24, 2.45) is 5.92 Å². The Hall–Kier alpha value is -2.31. The standard InChI is InChI=1S/C24H27ClN4OS/c1-3-28-23(20-10-7-11-21(25)14-20)26-27-24(28)31-16-22(30)29(17(2)19-12-13-19)15-18-8-5-4-6-9-18/h4-11,14,17,19H,3,12-13,15-16H2,1-2H3/t17-/m1/s1. The van der Waals surface area contributed by atoms with Crippen LogP contribution in [0, 0.1) is 5.92 Å². The van der Waals surface area contributed by atoms with Gasteiger partial charge in [-0.25, -0.2) is 0 Å². The van der Waals surface area contributed by atoms with E-state index in [0.29, 0.717) is 23.2 Å². The zero-order valence-corrected chi connectivity index (χ0v) is 19.4. The summed E-state index contributed by atoms with van der Waals surface area (Å²) in [6.45, 7) is 5.60. The molecular formula is C24H27ClN4OS. The normalized spacial score (nSPS) is 14.4. The Morgan fingerprint density at radius 1 is 1.19 bits per heavy atom. The number of aromatic nitrogens is 3. The maximum Gasteiger partial charge on any atom is 0.233 e. The molecule has 0 unspecified atom stereocenters. The van der Waals surface area contributed by atoms with E-state index in [-0.39, 0.29) is 11.9 Å². The summed E-state index contributed by atoms with van der Waals surface area (Å²) in [6.07, 6.45) is 2.42. The quantitative estimate of drug-likeness (QED) is 0.398. The third-order valence-corrected chi connectivity index (χ3v) is 6.94. The summed E-state index contributed by atoms with van der Waals surface area (Å²) >= 11 is 7.60. The average molecular weight is 455 g/mol. The molecule has 162 valence electrons. The first-order valence-electron chi connectivity index (χ1n) is 10.7. The van der Waals surface area contributed by atoms with Crippen LogP contribution in [-0.4, -0.2) is 37.4 Å². The summed E-state index contributed by atoms with van der Waals surface area (Å²) in [5, 5.41) is 10.2. The topological polar surface area (TPSA) is 51.0 Å². The zero-order valence-electron chi connectivity index (χ0n) is 17.9. The highest BCUT2D eigenvalue weighted by Crippen LogP contribution is 2.36. The first-order chi connectivity index (χ1) is 15.1. The number of carbonyl (C=O) groups is 1. The first kappa shape index (κ1) is 21.9. The second-order valence-corrected chi connectivity index (χ2v) is 9.31. The van der Waals surface area contributed by atoms with Crippen molar-refractivity contribution >= 4 is 29.3 Å². The van der Waals surface area contributed by atoms with Crippen LogP contribution in [0.2, 0.25) is 5.02 Å². The van der Waals surface area contributed by atoms with Crippen LogP contribution in [-0.2, 0) is 17.9 Å². The van der Waals surface area contributed by atoms with Crippen molar-refractivity contribution in [1.82, 2.24) is 19.7 Å². The molecule has 1 aromatic heterocycles. The third-order valence-electron chi connectivity index (χ3n) is 5.75. The molecule has 0 radical (unpaired) electrons. The summed E-state index contributed by atoms with van der Waals surface area (Å²) in [5.41, 5.74) is 2.08. The van der Waals surface area contributed by atoms with E-state index >= 15 is 0 Å². The van der Waals surface area contributed by atoms with E-state index in [2.05, 4.69) is 36.2 Å². The van der Waals surface area contributed by atoms with E-state index in [0.717, 1.165) is 28.7 Å². The minimum atomic E-state index is 0.142. The number of halogens is 1. The van der Waals surface area contributed by atoms with E-state index in [1.165, 1.54) is 24.6 Å². The monoisotopic (exact) mass is 454 g/mol. The van der Waals surface area contributed by atoms with Gasteiger partial charge in [-0.15, -0.1) is 10.2 Å². The number of rotatable bonds is 9. The molecule has 5 nitrogen and oxygen atoms in total. The molecular weight excluding hydrogens is 428 g/mol. The molecule has 0 spiro atoms. The van der Waals surface area contributed by atoms with Crippen molar-refractivity contribution < 1.29 is 4.79 Å². The first-order valence-corrected chi connectivity index (χ1v) is 12.1. The summed E-state index contributed by atoms with van der Waals surface area (Å²) in [4.78, 5) is 15.3. The molecule has 2 aromatic carbocycles. The predicted molar refractivity (Wildman–Crippen MR) is 126 cm³/mol. The Morgan fingerprint density at radius 2 is 1.97 bits per heavy atom. The van der Waals surface area contributed by atoms with Crippen LogP contribution < -0.4 is 0 Å². The molecule has 1 fully saturated rings. The van der Waals surface area contributed by atoms with Gasteiger partial charge in [0.2, 0.25) is 5.91 Å². The van der Waals surface area contributed by atoms with Crippen molar-refractivity contribution in [3.05, 3.63) is 65.2 Å². The lowest BCUT2D eigenvalue weighted by Crippen LogP contribution is -2.40. The summed E-state index contributed by atoms with van der Waals surface area (Å²) in [6, 6.07) is 18.1. The molecule has 1 aliphatic carbocycles. The van der Waals surface area contributed by atoms with Crippen molar-refractivity contribution in [1.29, 1.82) is 0 Å². The van der Waals surface area contributed by atoms with Crippen LogP contribution in [0.15, 0.2) is 59.8 Å². The maximum atomic E-state index is 13.2. The second kappa shape index (κ2) is 9.88. The van der Waals surface area contributed by atoms with Crippen molar-refractivity contribution in [2.45, 2.75) is 51.0 Å². The van der Waals surface area contributed by atoms with Crippen molar-refractivity contribution in [3.63, 3.8) is 0 Å². The van der Waals surface area contributed by atoms with Gasteiger partial charge in [0, 0.05) is 29.7 Å². The van der Waals surface area contributed by atoms with Crippen LogP contribution >= 0.6 is 23.4 Å². The van der Waals surface area contributed by atoms with Gasteiger partial charge in [0.15, 0.2) is 11.0 Å². The fraction of sp³-hybridized carbons (Fsp3) is 0.375. The molecule has 1 atom stereocenters. The molecule has 31 heavy (non-hydrogen) atoms. The molecule has 1 amide bonds. The number of hydrogen-bond acceptors (Lipinski definition) is 4. The molecule has 0 bridgehead atoms. The Balaban J connectivity index is 1.48. The lowest BCUT2D eigenvalue weighted by atomic mass is 10.1. The van der Waals surface area contributed by atoms with Gasteiger partial charge in [-0.05, 0) is 50.3 Å². The number of amides is 1. The lowest BCUT2D eigenvalue weighted by Gasteiger charge is -2.29. The van der Waals surface area contributed by atoms with Crippen LogP contribution in [0.5, 0.6) is 0 Å². The Labute approximate surface area is 192 Å². The van der Waals surface area contributed by atoms with Gasteiger partial charge in [0.05, 0.1) is 5.75 Å². The highest BCUT2D eigenvalue weighted by atomic mass is 35.5. The van der Waals surface area contributed by atoms with E-state index < -0.39 is 0 Å². The molecule has 0 aliphatic heterocycles. The number of benzene rings is 2. The summed E-state index contributed by atoms with van der Waals surface area (Å²) < 4.78 is 2.04. The Kier molecular flexibility index (Phi) is 6.98. The van der Waals surface area contributed by atoms with Crippen LogP contribution in [0.25, 0.3) is 11.4 Å². The molecule has 0 saturated heterocycles. The van der Waals surface area contributed by atoms with E-state index in [4.69, 9.17) is 11.6 Å². The van der Waals surface area contributed by atoms with Gasteiger partial charge in [-0.3, -0.25) is 4.79 Å². The van der Waals surface area contributed by atoms with Crippen LogP contribution in [0.3, 0.4) is 0 Å². The van der Waals surface area contributed by atoms with Gasteiger partial charge in [-0.2, -0.15) is 0 Å². The van der Waals surface area contributed by atoms with Crippen molar-refractivity contribution in [2.75, 3.05) is 5.75 Å². The van der Waals surface area contributed by atoms with Gasteiger partial charge >= 0.3 is 0 Å². The molecule has 0 N–H and O–H groups in total. The Bertz CT molecular complexity index is 1040. The molecule has 1 aliphatic rings. The van der Waals surface area contributed by atoms with Gasteiger partial charge < -0.3 is 9.47 Å². The second-order valence-electron chi connectivity index (χ2n) is 7.93. The van der Waals surface area contributed by atoms with Crippen molar-refractivity contribution in [3.8, 4) is 11.4 Å². The van der Waals surface area contributed by atoms with Gasteiger partial charge in [0.1, 0.15) is 0 Å². The van der Waals surface area contributed by atoms with Crippen LogP contribution in [0.1, 0.15) is 32.3 Å². The largest absolute Gasteiger partial charge is 0.335 e. The van der Waals surface area contributed by atoms with Crippen LogP contribution in [0.4, 0.5) is 0 Å². The zero-order chi connectivity index (χ0) is 21.8. The molecule has 7 heteroatoms. The maximum absolute atomic E-state index is 13.2. The van der Waals surface area contributed by atoms with Gasteiger partial charge in [-0.1, -0.05) is 65.8 Å². The number of carbonyl (C=O) groups excluding carboxylic acids is 1. The summed E-state index contributed by atoms with van der Waals surface area (Å²) in [5.74, 6) is 1.87. The van der Waals surface area contributed by atoms with E-state index in [1.807, 2.05) is 51.9 Å². The number of nitrogens with zero attached hydrogens (tertiary/aromatic N) is 4. The highest BCUT2D eigenvalue weighted by molar-refractivity contribution is 7.99. The molecule has 3 aromatic rings. The third kappa shape index (κ3) is 5.31. The predicted octanol–water partition coefficient (Wildman–Crippen LogP) is 5.54. The smallest absolute Gasteiger partial charge is 0.233 e. The minimum Gasteiger partial charge on any atom is -0.335 e. The lowest BCUT2D eigenvalue weighted by molar-refractivity contribution is -0.131. The molecule has 1 saturated carbocycles. The number of thioether (sulfide) groups is 1.